The smallest absolute Gasteiger partial charge is 0.254 e. The van der Waals surface area contributed by atoms with E-state index in [1.54, 1.807) is 4.90 Å². The van der Waals surface area contributed by atoms with Crippen molar-refractivity contribution in [3.8, 4) is 0 Å². The summed E-state index contributed by atoms with van der Waals surface area (Å²) in [6.45, 7) is 0.654. The Morgan fingerprint density at radius 1 is 1.17 bits per heavy atom. The zero-order chi connectivity index (χ0) is 21.1. The number of nitrogens with zero attached hydrogens (tertiary/aromatic N) is 1. The summed E-state index contributed by atoms with van der Waals surface area (Å²) in [6.07, 6.45) is 0.0477. The van der Waals surface area contributed by atoms with Gasteiger partial charge in [-0.2, -0.15) is 0 Å². The molecular formula is C23H25N3O4. The molecule has 0 bridgehead atoms. The number of rotatable bonds is 6. The summed E-state index contributed by atoms with van der Waals surface area (Å²) < 4.78 is 5.66. The summed E-state index contributed by atoms with van der Waals surface area (Å²) in [4.78, 5) is 26.9. The van der Waals surface area contributed by atoms with Crippen LogP contribution in [0.25, 0.3) is 11.0 Å². The summed E-state index contributed by atoms with van der Waals surface area (Å²) in [5.74, 6) is -0.555. The molecular weight excluding hydrogens is 382 g/mol. The Kier molecular flexibility index (Phi) is 5.83. The van der Waals surface area contributed by atoms with Gasteiger partial charge in [0.05, 0.1) is 12.6 Å². The normalized spacial score (nSPS) is 18.3. The molecule has 2 aromatic carbocycles. The number of amides is 2. The molecule has 0 aliphatic carbocycles. The Morgan fingerprint density at radius 3 is 2.67 bits per heavy atom. The van der Waals surface area contributed by atoms with Crippen molar-refractivity contribution >= 4 is 22.8 Å². The highest BCUT2D eigenvalue weighted by atomic mass is 16.3. The molecule has 4 N–H and O–H groups in total. The van der Waals surface area contributed by atoms with Crippen LogP contribution >= 0.6 is 0 Å². The van der Waals surface area contributed by atoms with Gasteiger partial charge in [-0.05, 0) is 30.5 Å². The number of aliphatic hydroxyl groups excluding tert-OH is 1. The number of likely N-dealkylation sites (tertiary alicyclic amines) is 1. The molecule has 1 aliphatic heterocycles. The van der Waals surface area contributed by atoms with E-state index in [0.717, 1.165) is 29.4 Å². The van der Waals surface area contributed by atoms with Gasteiger partial charge in [-0.3, -0.25) is 9.59 Å². The first-order chi connectivity index (χ1) is 14.5. The van der Waals surface area contributed by atoms with E-state index in [4.69, 9.17) is 10.2 Å². The van der Waals surface area contributed by atoms with Gasteiger partial charge in [0.15, 0.2) is 6.10 Å². The van der Waals surface area contributed by atoms with Crippen LogP contribution in [0.5, 0.6) is 0 Å². The molecule has 0 radical (unpaired) electrons. The molecule has 0 spiro atoms. The molecule has 156 valence electrons. The average molecular weight is 407 g/mol. The number of para-hydroxylation sites is 1. The fourth-order valence-electron chi connectivity index (χ4n) is 3.94. The Morgan fingerprint density at radius 2 is 1.90 bits per heavy atom. The molecule has 3 atom stereocenters. The first-order valence-electron chi connectivity index (χ1n) is 10.1. The average Bonchev–Trinajstić information content (AvgIpc) is 3.43. The highest BCUT2D eigenvalue weighted by molar-refractivity contribution is 5.91. The van der Waals surface area contributed by atoms with Crippen molar-refractivity contribution in [2.75, 3.05) is 6.54 Å². The van der Waals surface area contributed by atoms with E-state index in [1.807, 2.05) is 60.7 Å². The monoisotopic (exact) mass is 407 g/mol. The topological polar surface area (TPSA) is 109 Å². The molecule has 2 heterocycles. The molecule has 7 nitrogen and oxygen atoms in total. The van der Waals surface area contributed by atoms with Crippen molar-refractivity contribution in [2.24, 2.45) is 5.73 Å². The van der Waals surface area contributed by atoms with Gasteiger partial charge in [0, 0.05) is 11.9 Å². The van der Waals surface area contributed by atoms with Gasteiger partial charge in [-0.25, -0.2) is 0 Å². The van der Waals surface area contributed by atoms with Gasteiger partial charge in [-0.15, -0.1) is 0 Å². The van der Waals surface area contributed by atoms with Crippen molar-refractivity contribution in [3.63, 3.8) is 0 Å². The molecule has 1 fully saturated rings. The number of hydrogen-bond donors (Lipinski definition) is 3. The minimum absolute atomic E-state index is 0.112. The molecule has 1 saturated heterocycles. The summed E-state index contributed by atoms with van der Waals surface area (Å²) >= 11 is 0. The standard InChI is InChI=1S/C23H25N3O4/c24-20(22(28)25-14-17-13-16-9-4-5-11-19(16)30-17)21(27)23(29)26-12-6-10-18(26)15-7-2-1-3-8-15/h1-5,7-9,11,13,18,20-21,27H,6,10,12,14,24H2,(H,25,28)/t18?,20?,21-/m1/s1. The van der Waals surface area contributed by atoms with Crippen molar-refractivity contribution in [1.29, 1.82) is 0 Å². The van der Waals surface area contributed by atoms with E-state index < -0.39 is 24.0 Å². The lowest BCUT2D eigenvalue weighted by molar-refractivity contribution is -0.145. The van der Waals surface area contributed by atoms with Gasteiger partial charge in [0.2, 0.25) is 5.91 Å². The molecule has 2 amide bonds. The number of carbonyl (C=O) groups is 2. The predicted octanol–water partition coefficient (Wildman–Crippen LogP) is 2.10. The SMILES string of the molecule is NC(C(=O)NCc1cc2ccccc2o1)[C@@H](O)C(=O)N1CCCC1c1ccccc1. The molecule has 2 unspecified atom stereocenters. The van der Waals surface area contributed by atoms with E-state index in [9.17, 15) is 14.7 Å². The molecule has 0 saturated carbocycles. The summed E-state index contributed by atoms with van der Waals surface area (Å²) in [7, 11) is 0. The third kappa shape index (κ3) is 4.08. The van der Waals surface area contributed by atoms with Crippen LogP contribution < -0.4 is 11.1 Å². The highest BCUT2D eigenvalue weighted by Gasteiger charge is 2.37. The van der Waals surface area contributed by atoms with Crippen LogP contribution in [-0.4, -0.2) is 40.5 Å². The lowest BCUT2D eigenvalue weighted by Gasteiger charge is -2.29. The van der Waals surface area contributed by atoms with Gasteiger partial charge >= 0.3 is 0 Å². The Balaban J connectivity index is 1.37. The Labute approximate surface area is 174 Å². The Bertz CT molecular complexity index is 1000. The largest absolute Gasteiger partial charge is 0.459 e. The predicted molar refractivity (Wildman–Crippen MR) is 112 cm³/mol. The van der Waals surface area contributed by atoms with Crippen molar-refractivity contribution < 1.29 is 19.1 Å². The number of nitrogens with one attached hydrogen (secondary N) is 1. The molecule has 7 heteroatoms. The van der Waals surface area contributed by atoms with E-state index in [-0.39, 0.29) is 12.6 Å². The van der Waals surface area contributed by atoms with E-state index in [2.05, 4.69) is 5.32 Å². The first-order valence-corrected chi connectivity index (χ1v) is 10.1. The number of carbonyl (C=O) groups excluding carboxylic acids is 2. The fourth-order valence-corrected chi connectivity index (χ4v) is 3.94. The quantitative estimate of drug-likeness (QED) is 0.580. The zero-order valence-electron chi connectivity index (χ0n) is 16.5. The lowest BCUT2D eigenvalue weighted by Crippen LogP contribution is -2.54. The molecule has 4 rings (SSSR count). The second kappa shape index (κ2) is 8.69. The van der Waals surface area contributed by atoms with Crippen molar-refractivity contribution in [2.45, 2.75) is 37.6 Å². The minimum atomic E-state index is -1.61. The maximum atomic E-state index is 12.9. The third-order valence-electron chi connectivity index (χ3n) is 5.53. The van der Waals surface area contributed by atoms with E-state index >= 15 is 0 Å². The van der Waals surface area contributed by atoms with Crippen LogP contribution in [0.2, 0.25) is 0 Å². The maximum Gasteiger partial charge on any atom is 0.254 e. The van der Waals surface area contributed by atoms with Crippen LogP contribution in [-0.2, 0) is 16.1 Å². The number of nitrogens with two attached hydrogens (primary N) is 1. The molecule has 1 aliphatic rings. The molecule has 1 aromatic heterocycles. The second-order valence-electron chi connectivity index (χ2n) is 7.54. The summed E-state index contributed by atoms with van der Waals surface area (Å²) in [5.41, 5.74) is 7.65. The van der Waals surface area contributed by atoms with E-state index in [0.29, 0.717) is 12.3 Å². The van der Waals surface area contributed by atoms with E-state index in [1.165, 1.54) is 0 Å². The number of hydrogen-bond acceptors (Lipinski definition) is 5. The zero-order valence-corrected chi connectivity index (χ0v) is 16.5. The second-order valence-corrected chi connectivity index (χ2v) is 7.54. The number of benzene rings is 2. The van der Waals surface area contributed by atoms with Gasteiger partial charge in [0.1, 0.15) is 17.4 Å². The van der Waals surface area contributed by atoms with Crippen LogP contribution in [0.15, 0.2) is 65.1 Å². The van der Waals surface area contributed by atoms with Gasteiger partial charge in [0.25, 0.3) is 5.91 Å². The van der Waals surface area contributed by atoms with Crippen molar-refractivity contribution in [3.05, 3.63) is 72.0 Å². The highest BCUT2D eigenvalue weighted by Crippen LogP contribution is 2.32. The molecule has 30 heavy (non-hydrogen) atoms. The number of fused-ring (bicyclic) bond motifs is 1. The minimum Gasteiger partial charge on any atom is -0.459 e. The maximum absolute atomic E-state index is 12.9. The van der Waals surface area contributed by atoms with Gasteiger partial charge < -0.3 is 25.5 Å². The fraction of sp³-hybridized carbons (Fsp3) is 0.304. The number of aliphatic hydroxyl groups is 1. The van der Waals surface area contributed by atoms with Crippen LogP contribution in [0.3, 0.4) is 0 Å². The van der Waals surface area contributed by atoms with Gasteiger partial charge in [-0.1, -0.05) is 48.5 Å². The lowest BCUT2D eigenvalue weighted by atomic mass is 10.0. The van der Waals surface area contributed by atoms with Crippen LogP contribution in [0, 0.1) is 0 Å². The van der Waals surface area contributed by atoms with Crippen LogP contribution in [0.1, 0.15) is 30.2 Å². The number of furan rings is 1. The van der Waals surface area contributed by atoms with Crippen LogP contribution in [0.4, 0.5) is 0 Å². The summed E-state index contributed by atoms with van der Waals surface area (Å²) in [5, 5.41) is 14.1. The Hall–Kier alpha value is -3.16. The molecule has 3 aromatic rings. The summed E-state index contributed by atoms with van der Waals surface area (Å²) in [6, 6.07) is 17.6. The third-order valence-corrected chi connectivity index (χ3v) is 5.53. The first kappa shape index (κ1) is 20.1. The van der Waals surface area contributed by atoms with Crippen molar-refractivity contribution in [1.82, 2.24) is 10.2 Å².